The fourth-order valence-corrected chi connectivity index (χ4v) is 7.13. The number of allylic oxidation sites excluding steroid dienone is 1. The maximum atomic E-state index is 14.8. The summed E-state index contributed by atoms with van der Waals surface area (Å²) >= 11 is 0. The Labute approximate surface area is 302 Å². The molecule has 0 amide bonds. The first kappa shape index (κ1) is 39.6. The molecule has 278 valence electrons. The molecule has 2 aromatic rings. The van der Waals surface area contributed by atoms with Crippen LogP contribution in [0, 0.1) is 17.3 Å². The summed E-state index contributed by atoms with van der Waals surface area (Å²) in [6.07, 6.45) is -0.598. The van der Waals surface area contributed by atoms with Gasteiger partial charge in [-0.25, -0.2) is 9.59 Å². The molecule has 1 aromatic heterocycles. The van der Waals surface area contributed by atoms with E-state index in [-0.39, 0.29) is 23.1 Å². The van der Waals surface area contributed by atoms with E-state index in [0.29, 0.717) is 0 Å². The normalized spacial score (nSPS) is 30.1. The van der Waals surface area contributed by atoms with E-state index in [1.54, 1.807) is 44.2 Å². The number of ketones is 1. The molecule has 13 nitrogen and oxygen atoms in total. The van der Waals surface area contributed by atoms with Gasteiger partial charge in [0, 0.05) is 57.3 Å². The molecule has 0 aliphatic heterocycles. The summed E-state index contributed by atoms with van der Waals surface area (Å²) in [6.45, 7) is 13.8. The Morgan fingerprint density at radius 3 is 2.00 bits per heavy atom. The molecule has 0 radical (unpaired) electrons. The fourth-order valence-electron chi connectivity index (χ4n) is 7.13. The Balaban J connectivity index is 1.97. The number of carbonyl (C=O) groups excluding carboxylic acids is 6. The summed E-state index contributed by atoms with van der Waals surface area (Å²) in [5.74, 6) is -7.40. The van der Waals surface area contributed by atoms with Gasteiger partial charge in [0.2, 0.25) is 0 Å². The molecule has 13 heteroatoms. The van der Waals surface area contributed by atoms with E-state index in [0.717, 1.165) is 13.8 Å². The number of esters is 5. The molecule has 1 saturated carbocycles. The zero-order valence-corrected chi connectivity index (χ0v) is 30.3. The van der Waals surface area contributed by atoms with Crippen molar-refractivity contribution in [2.24, 2.45) is 17.3 Å². The lowest BCUT2D eigenvalue weighted by Gasteiger charge is -2.42. The molecule has 0 spiro atoms. The molecular formula is C39H45NO12. The maximum absolute atomic E-state index is 14.8. The molecular weight excluding hydrogens is 674 g/mol. The van der Waals surface area contributed by atoms with E-state index < -0.39 is 94.9 Å². The number of carbonyl (C=O) groups is 6. The van der Waals surface area contributed by atoms with E-state index in [1.807, 2.05) is 0 Å². The molecule has 0 unspecified atom stereocenters. The summed E-state index contributed by atoms with van der Waals surface area (Å²) < 4.78 is 29.5. The van der Waals surface area contributed by atoms with Crippen molar-refractivity contribution >= 4 is 35.6 Å². The number of aliphatic hydroxyl groups is 1. The summed E-state index contributed by atoms with van der Waals surface area (Å²) in [5.41, 5.74) is -5.12. The number of rotatable bonds is 7. The average molecular weight is 720 g/mol. The number of pyridine rings is 1. The summed E-state index contributed by atoms with van der Waals surface area (Å²) in [4.78, 5) is 84.1. The maximum Gasteiger partial charge on any atom is 0.340 e. The van der Waals surface area contributed by atoms with Gasteiger partial charge >= 0.3 is 29.8 Å². The van der Waals surface area contributed by atoms with E-state index in [9.17, 15) is 33.9 Å². The summed E-state index contributed by atoms with van der Waals surface area (Å²) in [7, 11) is 0. The van der Waals surface area contributed by atoms with Crippen molar-refractivity contribution in [3.8, 4) is 0 Å². The molecule has 1 aromatic carbocycles. The highest BCUT2D eigenvalue weighted by Gasteiger charge is 2.70. The van der Waals surface area contributed by atoms with Gasteiger partial charge in [-0.05, 0) is 36.8 Å². The summed E-state index contributed by atoms with van der Waals surface area (Å²) in [5, 5.41) is 12.0. The second-order valence-electron chi connectivity index (χ2n) is 14.2. The number of hydrogen-bond acceptors (Lipinski definition) is 13. The minimum Gasteiger partial charge on any atom is -0.458 e. The molecule has 52 heavy (non-hydrogen) atoms. The van der Waals surface area contributed by atoms with Crippen LogP contribution in [0.4, 0.5) is 0 Å². The van der Waals surface area contributed by atoms with Crippen molar-refractivity contribution in [3.63, 3.8) is 0 Å². The molecule has 1 heterocycles. The summed E-state index contributed by atoms with van der Waals surface area (Å²) in [6, 6.07) is 10.9. The molecule has 4 rings (SSSR count). The molecule has 0 saturated heterocycles. The number of ether oxygens (including phenoxy) is 5. The first-order valence-corrected chi connectivity index (χ1v) is 16.8. The van der Waals surface area contributed by atoms with Gasteiger partial charge in [0.25, 0.3) is 0 Å². The number of benzene rings is 1. The zero-order chi connectivity index (χ0) is 38.6. The highest BCUT2D eigenvalue weighted by atomic mass is 16.6. The first-order chi connectivity index (χ1) is 24.3. The fraction of sp³-hybridized carbons (Fsp3) is 0.462. The third-order valence-corrected chi connectivity index (χ3v) is 9.32. The molecule has 0 bridgehead atoms. The van der Waals surface area contributed by atoms with Crippen LogP contribution in [-0.4, -0.2) is 81.3 Å². The Morgan fingerprint density at radius 1 is 0.827 bits per heavy atom. The van der Waals surface area contributed by atoms with E-state index in [2.05, 4.69) is 11.6 Å². The van der Waals surface area contributed by atoms with Crippen molar-refractivity contribution in [2.45, 2.75) is 96.9 Å². The minimum atomic E-state index is -2.23. The highest BCUT2D eigenvalue weighted by Crippen LogP contribution is 2.52. The second-order valence-corrected chi connectivity index (χ2v) is 14.2. The van der Waals surface area contributed by atoms with Crippen LogP contribution in [0.2, 0.25) is 0 Å². The number of nitrogens with zero attached hydrogens (tertiary/aromatic N) is 1. The molecule has 1 fully saturated rings. The van der Waals surface area contributed by atoms with Gasteiger partial charge in [-0.3, -0.25) is 24.2 Å². The topological polar surface area (TPSA) is 182 Å². The monoisotopic (exact) mass is 719 g/mol. The first-order valence-electron chi connectivity index (χ1n) is 16.8. The molecule has 2 aliphatic rings. The van der Waals surface area contributed by atoms with Gasteiger partial charge in [-0.2, -0.15) is 0 Å². The quantitative estimate of drug-likeness (QED) is 0.240. The van der Waals surface area contributed by atoms with Gasteiger partial charge in [0.1, 0.15) is 30.0 Å². The predicted octanol–water partition coefficient (Wildman–Crippen LogP) is 4.52. The van der Waals surface area contributed by atoms with Crippen molar-refractivity contribution in [1.29, 1.82) is 0 Å². The number of Topliss-reactive ketones (excluding diaryl/α,β-unsaturated/α-hetero) is 1. The Morgan fingerprint density at radius 2 is 1.42 bits per heavy atom. The van der Waals surface area contributed by atoms with Crippen molar-refractivity contribution in [3.05, 3.63) is 90.3 Å². The van der Waals surface area contributed by atoms with Crippen LogP contribution in [0.5, 0.6) is 0 Å². The lowest BCUT2D eigenvalue weighted by molar-refractivity contribution is -0.182. The van der Waals surface area contributed by atoms with Crippen LogP contribution < -0.4 is 0 Å². The standard InChI is InChI=1S/C39H45NO12/c1-22-16-17-37(6,7)33(50-36(46)28-15-12-18-40-20-28)29(48-24(3)41)19-23(2)31(49-25(4)42)30-34(51-35(45)27-13-10-9-11-14-27)38(8,47)21-39(30,32(22)44)52-26(5)43/h9-18,20,22,29-31,33-34,47H,2,19,21H2,1,3-8H3/t22-,29+,30-,31-,33+,34+,38+,39+/m0/s1. The smallest absolute Gasteiger partial charge is 0.340 e. The van der Waals surface area contributed by atoms with Crippen molar-refractivity contribution in [1.82, 2.24) is 4.98 Å². The molecule has 2 aliphatic carbocycles. The number of aromatic nitrogens is 1. The van der Waals surface area contributed by atoms with Crippen LogP contribution in [0.3, 0.4) is 0 Å². The lowest BCUT2D eigenvalue weighted by atomic mass is 9.72. The van der Waals surface area contributed by atoms with Gasteiger partial charge in [0.05, 0.1) is 17.0 Å². The predicted molar refractivity (Wildman–Crippen MR) is 184 cm³/mol. The molecule has 8 atom stereocenters. The minimum absolute atomic E-state index is 0.0182. The van der Waals surface area contributed by atoms with E-state index >= 15 is 0 Å². The highest BCUT2D eigenvalue weighted by molar-refractivity contribution is 5.94. The van der Waals surface area contributed by atoms with Crippen molar-refractivity contribution < 1.29 is 57.6 Å². The van der Waals surface area contributed by atoms with Crippen LogP contribution in [0.25, 0.3) is 0 Å². The molecule has 1 N–H and O–H groups in total. The van der Waals surface area contributed by atoms with Crippen molar-refractivity contribution in [2.75, 3.05) is 0 Å². The largest absolute Gasteiger partial charge is 0.458 e. The van der Waals surface area contributed by atoms with Crippen LogP contribution >= 0.6 is 0 Å². The van der Waals surface area contributed by atoms with Crippen LogP contribution in [0.1, 0.15) is 82.0 Å². The van der Waals surface area contributed by atoms with E-state index in [4.69, 9.17) is 23.7 Å². The third kappa shape index (κ3) is 8.64. The van der Waals surface area contributed by atoms with Gasteiger partial charge in [-0.1, -0.05) is 57.7 Å². The number of hydrogen-bond donors (Lipinski definition) is 1. The lowest BCUT2D eigenvalue weighted by Crippen LogP contribution is -2.56. The van der Waals surface area contributed by atoms with E-state index in [1.165, 1.54) is 57.4 Å². The zero-order valence-electron chi connectivity index (χ0n) is 30.3. The second kappa shape index (κ2) is 15.6. The Hall–Kier alpha value is -5.17. The van der Waals surface area contributed by atoms with Crippen LogP contribution in [0.15, 0.2) is 79.2 Å². The van der Waals surface area contributed by atoms with Gasteiger partial charge < -0.3 is 28.8 Å². The average Bonchev–Trinajstić information content (AvgIpc) is 3.29. The number of fused-ring (bicyclic) bond motifs is 1. The Kier molecular flexibility index (Phi) is 11.9. The Bertz CT molecular complexity index is 1730. The van der Waals surface area contributed by atoms with Gasteiger partial charge in [0.15, 0.2) is 11.4 Å². The van der Waals surface area contributed by atoms with Gasteiger partial charge in [-0.15, -0.1) is 0 Å². The SMILES string of the molecule is C=C1C[C@@H](OC(C)=O)[C@@H](OC(=O)c2cccnc2)C(C)(C)C=C[C@H](C)C(=O)[C@@]2(OC(C)=O)C[C@@](C)(O)[C@H](OC(=O)c3ccccc3)[C@@H]2[C@H]1OC(C)=O. The third-order valence-electron chi connectivity index (χ3n) is 9.32. The van der Waals surface area contributed by atoms with Crippen LogP contribution in [-0.2, 0) is 42.9 Å².